The molecule has 2 N–H and O–H groups in total. The van der Waals surface area contributed by atoms with Crippen LogP contribution in [0.3, 0.4) is 0 Å². The Bertz CT molecular complexity index is 932. The number of rotatable bonds is 6. The summed E-state index contributed by atoms with van der Waals surface area (Å²) in [6, 6.07) is 14.2. The Labute approximate surface area is 189 Å². The first kappa shape index (κ1) is 23.7. The SMILES string of the molecule is CN=C(NCc1cccc(NC(=O)CN(C)C)c1)N1CC(C)OC(c2ccc(F)cc2)C1. The van der Waals surface area contributed by atoms with E-state index in [1.165, 1.54) is 12.1 Å². The average molecular weight is 442 g/mol. The predicted molar refractivity (Wildman–Crippen MR) is 125 cm³/mol. The van der Waals surface area contributed by atoms with Gasteiger partial charge >= 0.3 is 0 Å². The number of carbonyl (C=O) groups is 1. The molecule has 2 atom stereocenters. The Kier molecular flexibility index (Phi) is 8.19. The number of halogens is 1. The summed E-state index contributed by atoms with van der Waals surface area (Å²) in [6.07, 6.45) is -0.152. The molecule has 1 amide bonds. The molecular weight excluding hydrogens is 409 g/mol. The van der Waals surface area contributed by atoms with E-state index >= 15 is 0 Å². The van der Waals surface area contributed by atoms with Gasteiger partial charge in [0.2, 0.25) is 5.91 Å². The fourth-order valence-electron chi connectivity index (χ4n) is 3.75. The largest absolute Gasteiger partial charge is 0.367 e. The van der Waals surface area contributed by atoms with Crippen LogP contribution in [0.25, 0.3) is 0 Å². The van der Waals surface area contributed by atoms with E-state index in [1.54, 1.807) is 19.2 Å². The number of hydrogen-bond donors (Lipinski definition) is 2. The molecule has 1 saturated heterocycles. The summed E-state index contributed by atoms with van der Waals surface area (Å²) in [4.78, 5) is 20.5. The van der Waals surface area contributed by atoms with E-state index in [0.717, 1.165) is 22.8 Å². The van der Waals surface area contributed by atoms with Crippen LogP contribution in [0.4, 0.5) is 10.1 Å². The maximum atomic E-state index is 13.3. The highest BCUT2D eigenvalue weighted by Gasteiger charge is 2.28. The summed E-state index contributed by atoms with van der Waals surface area (Å²) < 4.78 is 19.4. The summed E-state index contributed by atoms with van der Waals surface area (Å²) in [5.41, 5.74) is 2.74. The van der Waals surface area contributed by atoms with Crippen LogP contribution in [0.15, 0.2) is 53.5 Å². The molecule has 3 rings (SSSR count). The number of hydrogen-bond acceptors (Lipinski definition) is 4. The second-order valence-corrected chi connectivity index (χ2v) is 8.28. The van der Waals surface area contributed by atoms with Gasteiger partial charge in [-0.3, -0.25) is 9.79 Å². The lowest BCUT2D eigenvalue weighted by Crippen LogP contribution is -2.50. The summed E-state index contributed by atoms with van der Waals surface area (Å²) in [7, 11) is 5.48. The van der Waals surface area contributed by atoms with Crippen LogP contribution in [-0.2, 0) is 16.1 Å². The molecule has 0 aliphatic carbocycles. The van der Waals surface area contributed by atoms with E-state index in [4.69, 9.17) is 4.74 Å². The number of nitrogens with zero attached hydrogens (tertiary/aromatic N) is 3. The molecule has 1 aliphatic rings. The first-order valence-electron chi connectivity index (χ1n) is 10.7. The molecule has 0 bridgehead atoms. The molecule has 0 radical (unpaired) electrons. The molecule has 1 aliphatic heterocycles. The van der Waals surface area contributed by atoms with Crippen molar-refractivity contribution in [2.45, 2.75) is 25.7 Å². The number of benzene rings is 2. The fourth-order valence-corrected chi connectivity index (χ4v) is 3.75. The van der Waals surface area contributed by atoms with Crippen molar-refractivity contribution >= 4 is 17.6 Å². The smallest absolute Gasteiger partial charge is 0.238 e. The highest BCUT2D eigenvalue weighted by molar-refractivity contribution is 5.92. The molecule has 32 heavy (non-hydrogen) atoms. The summed E-state index contributed by atoms with van der Waals surface area (Å²) in [6.45, 7) is 4.25. The Balaban J connectivity index is 1.62. The second-order valence-electron chi connectivity index (χ2n) is 8.28. The lowest BCUT2D eigenvalue weighted by atomic mass is 10.1. The van der Waals surface area contributed by atoms with Crippen molar-refractivity contribution in [3.05, 3.63) is 65.5 Å². The quantitative estimate of drug-likeness (QED) is 0.533. The van der Waals surface area contributed by atoms with Gasteiger partial charge in [-0.05, 0) is 56.4 Å². The van der Waals surface area contributed by atoms with Crippen molar-refractivity contribution in [3.8, 4) is 0 Å². The standard InChI is InChI=1S/C24H32FN5O2/c1-17-14-30(15-22(32-17)19-8-10-20(25)11-9-19)24(26-2)27-13-18-6-5-7-21(12-18)28-23(31)16-29(3)4/h5-12,17,22H,13-16H2,1-4H3,(H,26,27)(H,28,31). The average Bonchev–Trinajstić information content (AvgIpc) is 2.74. The van der Waals surface area contributed by atoms with Crippen LogP contribution in [-0.4, -0.2) is 68.5 Å². The Morgan fingerprint density at radius 1 is 1.22 bits per heavy atom. The van der Waals surface area contributed by atoms with Crippen molar-refractivity contribution in [1.29, 1.82) is 0 Å². The molecule has 0 aromatic heterocycles. The number of amides is 1. The number of carbonyl (C=O) groups excluding carboxylic acids is 1. The minimum Gasteiger partial charge on any atom is -0.367 e. The zero-order valence-electron chi connectivity index (χ0n) is 19.1. The topological polar surface area (TPSA) is 69.2 Å². The molecule has 7 nitrogen and oxygen atoms in total. The van der Waals surface area contributed by atoms with Crippen molar-refractivity contribution in [2.75, 3.05) is 46.1 Å². The zero-order valence-corrected chi connectivity index (χ0v) is 19.1. The lowest BCUT2D eigenvalue weighted by molar-refractivity contribution is -0.116. The first-order valence-corrected chi connectivity index (χ1v) is 10.7. The molecule has 1 heterocycles. The van der Waals surface area contributed by atoms with Crippen molar-refractivity contribution < 1.29 is 13.9 Å². The summed E-state index contributed by atoms with van der Waals surface area (Å²) in [5, 5.41) is 6.33. The highest BCUT2D eigenvalue weighted by Crippen LogP contribution is 2.25. The van der Waals surface area contributed by atoms with Gasteiger partial charge in [-0.15, -0.1) is 0 Å². The molecular formula is C24H32FN5O2. The highest BCUT2D eigenvalue weighted by atomic mass is 19.1. The maximum Gasteiger partial charge on any atom is 0.238 e. The number of morpholine rings is 1. The van der Waals surface area contributed by atoms with Crippen LogP contribution in [0.2, 0.25) is 0 Å². The summed E-state index contributed by atoms with van der Waals surface area (Å²) in [5.74, 6) is 0.464. The van der Waals surface area contributed by atoms with Crippen LogP contribution >= 0.6 is 0 Å². The van der Waals surface area contributed by atoms with Gasteiger partial charge < -0.3 is 25.2 Å². The third-order valence-electron chi connectivity index (χ3n) is 5.13. The van der Waals surface area contributed by atoms with Crippen molar-refractivity contribution in [2.24, 2.45) is 4.99 Å². The van der Waals surface area contributed by atoms with Gasteiger partial charge in [-0.2, -0.15) is 0 Å². The van der Waals surface area contributed by atoms with Crippen LogP contribution in [0, 0.1) is 5.82 Å². The number of guanidine groups is 1. The van der Waals surface area contributed by atoms with E-state index in [-0.39, 0.29) is 23.9 Å². The molecule has 8 heteroatoms. The molecule has 1 fully saturated rings. The van der Waals surface area contributed by atoms with E-state index in [1.807, 2.05) is 50.2 Å². The van der Waals surface area contributed by atoms with Gasteiger partial charge in [0.1, 0.15) is 11.9 Å². The van der Waals surface area contributed by atoms with Gasteiger partial charge in [0.25, 0.3) is 0 Å². The number of likely N-dealkylation sites (N-methyl/N-ethyl adjacent to an activating group) is 1. The van der Waals surface area contributed by atoms with E-state index < -0.39 is 0 Å². The molecule has 172 valence electrons. The predicted octanol–water partition coefficient (Wildman–Crippen LogP) is 2.86. The normalized spacial score (nSPS) is 19.2. The van der Waals surface area contributed by atoms with Crippen molar-refractivity contribution in [3.63, 3.8) is 0 Å². The Hall–Kier alpha value is -2.97. The lowest BCUT2D eigenvalue weighted by Gasteiger charge is -2.38. The minimum atomic E-state index is -0.257. The van der Waals surface area contributed by atoms with Gasteiger partial charge in [-0.25, -0.2) is 4.39 Å². The van der Waals surface area contributed by atoms with Gasteiger partial charge in [0.15, 0.2) is 5.96 Å². The number of ether oxygens (including phenoxy) is 1. The molecule has 0 spiro atoms. The van der Waals surface area contributed by atoms with Crippen LogP contribution < -0.4 is 10.6 Å². The van der Waals surface area contributed by atoms with E-state index in [9.17, 15) is 9.18 Å². The van der Waals surface area contributed by atoms with Gasteiger partial charge in [0, 0.05) is 25.8 Å². The van der Waals surface area contributed by atoms with E-state index in [2.05, 4.69) is 20.5 Å². The second kappa shape index (κ2) is 11.1. The Morgan fingerprint density at radius 2 is 1.97 bits per heavy atom. The molecule has 0 saturated carbocycles. The van der Waals surface area contributed by atoms with Crippen LogP contribution in [0.1, 0.15) is 24.2 Å². The van der Waals surface area contributed by atoms with Gasteiger partial charge in [0.05, 0.1) is 19.2 Å². The fraction of sp³-hybridized carbons (Fsp3) is 0.417. The molecule has 2 aromatic rings. The molecule has 2 aromatic carbocycles. The minimum absolute atomic E-state index is 0.00703. The van der Waals surface area contributed by atoms with Crippen molar-refractivity contribution in [1.82, 2.24) is 15.1 Å². The first-order chi connectivity index (χ1) is 15.3. The summed E-state index contributed by atoms with van der Waals surface area (Å²) >= 11 is 0. The third-order valence-corrected chi connectivity index (χ3v) is 5.13. The third kappa shape index (κ3) is 6.77. The number of anilines is 1. The zero-order chi connectivity index (χ0) is 23.1. The van der Waals surface area contributed by atoms with E-state index in [0.29, 0.717) is 26.2 Å². The number of aliphatic imine (C=N–C) groups is 1. The monoisotopic (exact) mass is 441 g/mol. The van der Waals surface area contributed by atoms with Gasteiger partial charge in [-0.1, -0.05) is 24.3 Å². The van der Waals surface area contributed by atoms with Crippen LogP contribution in [0.5, 0.6) is 0 Å². The Morgan fingerprint density at radius 3 is 2.66 bits per heavy atom. The number of nitrogens with one attached hydrogen (secondary N) is 2. The maximum absolute atomic E-state index is 13.3. The molecule has 2 unspecified atom stereocenters.